The first-order valence-corrected chi connectivity index (χ1v) is 6.69. The summed E-state index contributed by atoms with van der Waals surface area (Å²) in [5.74, 6) is 0.475. The smallest absolute Gasteiger partial charge is 0.342 e. The number of piperidine rings is 1. The number of H-pyrrole nitrogens is 1. The second kappa shape index (κ2) is 5.39. The van der Waals surface area contributed by atoms with E-state index in [0.29, 0.717) is 10.9 Å². The molecule has 1 saturated heterocycles. The Labute approximate surface area is 103 Å². The van der Waals surface area contributed by atoms with Gasteiger partial charge in [-0.05, 0) is 19.3 Å². The molecular formula is C10H16N4O2S. The van der Waals surface area contributed by atoms with Gasteiger partial charge in [-0.3, -0.25) is 9.36 Å². The third kappa shape index (κ3) is 2.91. The fraction of sp³-hybridized carbons (Fsp3) is 0.700. The standard InChI is InChI=1S/C10H16N4O2S/c1-13-9(16)11-12-10(13)17-7-8(15)14-5-3-2-4-6-14/h2-7H2,1H3,(H,11,16). The summed E-state index contributed by atoms with van der Waals surface area (Å²) < 4.78 is 1.41. The summed E-state index contributed by atoms with van der Waals surface area (Å²) in [6, 6.07) is 0. The van der Waals surface area contributed by atoms with Crippen molar-refractivity contribution in [2.45, 2.75) is 24.4 Å². The summed E-state index contributed by atoms with van der Waals surface area (Å²) in [5, 5.41) is 6.76. The quantitative estimate of drug-likeness (QED) is 0.785. The zero-order chi connectivity index (χ0) is 12.3. The number of aromatic nitrogens is 3. The van der Waals surface area contributed by atoms with E-state index in [2.05, 4.69) is 10.2 Å². The number of hydrogen-bond donors (Lipinski definition) is 1. The maximum atomic E-state index is 11.9. The van der Waals surface area contributed by atoms with Crippen LogP contribution in [0.15, 0.2) is 9.95 Å². The molecule has 7 heteroatoms. The Balaban J connectivity index is 1.87. The molecule has 0 atom stereocenters. The molecule has 1 N–H and O–H groups in total. The molecule has 0 bridgehead atoms. The van der Waals surface area contributed by atoms with Crippen molar-refractivity contribution in [3.63, 3.8) is 0 Å². The number of carbonyl (C=O) groups is 1. The maximum Gasteiger partial charge on any atom is 0.343 e. The topological polar surface area (TPSA) is 71.0 Å². The van der Waals surface area contributed by atoms with E-state index in [1.165, 1.54) is 22.7 Å². The van der Waals surface area contributed by atoms with Crippen LogP contribution in [-0.2, 0) is 11.8 Å². The van der Waals surface area contributed by atoms with Crippen LogP contribution < -0.4 is 5.69 Å². The third-order valence-electron chi connectivity index (χ3n) is 2.87. The van der Waals surface area contributed by atoms with Crippen molar-refractivity contribution < 1.29 is 4.79 Å². The molecule has 1 amide bonds. The Bertz CT molecular complexity index is 447. The van der Waals surface area contributed by atoms with Gasteiger partial charge in [0, 0.05) is 20.1 Å². The number of rotatable bonds is 3. The zero-order valence-corrected chi connectivity index (χ0v) is 10.6. The Morgan fingerprint density at radius 3 is 2.71 bits per heavy atom. The lowest BCUT2D eigenvalue weighted by atomic mass is 10.1. The molecule has 94 valence electrons. The molecule has 1 aromatic heterocycles. The average molecular weight is 256 g/mol. The van der Waals surface area contributed by atoms with Crippen LogP contribution in [0.5, 0.6) is 0 Å². The highest BCUT2D eigenvalue weighted by molar-refractivity contribution is 7.99. The van der Waals surface area contributed by atoms with Crippen LogP contribution in [0, 0.1) is 0 Å². The minimum Gasteiger partial charge on any atom is -0.342 e. The summed E-state index contributed by atoms with van der Waals surface area (Å²) in [6.07, 6.45) is 3.40. The first-order chi connectivity index (χ1) is 8.18. The van der Waals surface area contributed by atoms with Crippen molar-refractivity contribution >= 4 is 17.7 Å². The van der Waals surface area contributed by atoms with E-state index >= 15 is 0 Å². The van der Waals surface area contributed by atoms with Crippen LogP contribution in [0.4, 0.5) is 0 Å². The van der Waals surface area contributed by atoms with Crippen LogP contribution in [0.1, 0.15) is 19.3 Å². The van der Waals surface area contributed by atoms with E-state index in [4.69, 9.17) is 0 Å². The van der Waals surface area contributed by atoms with Crippen molar-refractivity contribution in [2.24, 2.45) is 7.05 Å². The van der Waals surface area contributed by atoms with Gasteiger partial charge in [0.25, 0.3) is 0 Å². The van der Waals surface area contributed by atoms with Gasteiger partial charge in [-0.1, -0.05) is 11.8 Å². The van der Waals surface area contributed by atoms with Gasteiger partial charge in [-0.15, -0.1) is 5.10 Å². The highest BCUT2D eigenvalue weighted by atomic mass is 32.2. The second-order valence-electron chi connectivity index (χ2n) is 4.10. The molecule has 17 heavy (non-hydrogen) atoms. The summed E-state index contributed by atoms with van der Waals surface area (Å²) >= 11 is 1.30. The van der Waals surface area contributed by atoms with E-state index in [1.54, 1.807) is 7.05 Å². The van der Waals surface area contributed by atoms with E-state index in [1.807, 2.05) is 4.90 Å². The van der Waals surface area contributed by atoms with Gasteiger partial charge < -0.3 is 4.90 Å². The Kier molecular flexibility index (Phi) is 3.88. The van der Waals surface area contributed by atoms with Crippen LogP contribution in [-0.4, -0.2) is 44.4 Å². The van der Waals surface area contributed by atoms with Gasteiger partial charge >= 0.3 is 5.69 Å². The van der Waals surface area contributed by atoms with E-state index in [-0.39, 0.29) is 11.6 Å². The number of amides is 1. The van der Waals surface area contributed by atoms with Gasteiger partial charge in [0.1, 0.15) is 0 Å². The predicted molar refractivity (Wildman–Crippen MR) is 65.0 cm³/mol. The van der Waals surface area contributed by atoms with Crippen molar-refractivity contribution in [1.29, 1.82) is 0 Å². The molecule has 1 aliphatic rings. The molecule has 1 fully saturated rings. The number of hydrogen-bond acceptors (Lipinski definition) is 4. The number of nitrogens with one attached hydrogen (secondary N) is 1. The van der Waals surface area contributed by atoms with Crippen LogP contribution in [0.3, 0.4) is 0 Å². The van der Waals surface area contributed by atoms with E-state index in [0.717, 1.165) is 25.9 Å². The highest BCUT2D eigenvalue weighted by Crippen LogP contribution is 2.15. The Hall–Kier alpha value is -1.24. The molecule has 1 aliphatic heterocycles. The fourth-order valence-electron chi connectivity index (χ4n) is 1.82. The zero-order valence-electron chi connectivity index (χ0n) is 9.81. The molecule has 0 radical (unpaired) electrons. The normalized spacial score (nSPS) is 16.2. The van der Waals surface area contributed by atoms with Crippen LogP contribution >= 0.6 is 11.8 Å². The molecule has 2 heterocycles. The lowest BCUT2D eigenvalue weighted by molar-refractivity contribution is -0.129. The molecule has 1 aromatic rings. The average Bonchev–Trinajstić information content (AvgIpc) is 2.68. The predicted octanol–water partition coefficient (Wildman–Crippen LogP) is 0.213. The van der Waals surface area contributed by atoms with Crippen LogP contribution in [0.2, 0.25) is 0 Å². The molecule has 0 saturated carbocycles. The minimum absolute atomic E-state index is 0.130. The molecule has 0 aliphatic carbocycles. The Morgan fingerprint density at radius 2 is 2.12 bits per heavy atom. The highest BCUT2D eigenvalue weighted by Gasteiger charge is 2.17. The second-order valence-corrected chi connectivity index (χ2v) is 5.04. The van der Waals surface area contributed by atoms with Crippen molar-refractivity contribution in [3.8, 4) is 0 Å². The summed E-state index contributed by atoms with van der Waals surface area (Å²) in [7, 11) is 1.64. The maximum absolute atomic E-state index is 11.9. The van der Waals surface area contributed by atoms with Crippen LogP contribution in [0.25, 0.3) is 0 Å². The van der Waals surface area contributed by atoms with Gasteiger partial charge in [0.15, 0.2) is 5.16 Å². The summed E-state index contributed by atoms with van der Waals surface area (Å²) in [5.41, 5.74) is -0.252. The fourth-order valence-corrected chi connectivity index (χ4v) is 2.64. The first-order valence-electron chi connectivity index (χ1n) is 5.70. The largest absolute Gasteiger partial charge is 0.343 e. The molecule has 0 spiro atoms. The van der Waals surface area contributed by atoms with Crippen molar-refractivity contribution in [3.05, 3.63) is 10.5 Å². The molecule has 2 rings (SSSR count). The Morgan fingerprint density at radius 1 is 1.41 bits per heavy atom. The summed E-state index contributed by atoms with van der Waals surface area (Å²) in [6.45, 7) is 1.72. The third-order valence-corrected chi connectivity index (χ3v) is 3.89. The van der Waals surface area contributed by atoms with Crippen molar-refractivity contribution in [2.75, 3.05) is 18.8 Å². The van der Waals surface area contributed by atoms with Crippen molar-refractivity contribution in [1.82, 2.24) is 19.7 Å². The number of aromatic amines is 1. The lowest BCUT2D eigenvalue weighted by Crippen LogP contribution is -2.36. The lowest BCUT2D eigenvalue weighted by Gasteiger charge is -2.26. The number of carbonyl (C=O) groups excluding carboxylic acids is 1. The van der Waals surface area contributed by atoms with Gasteiger partial charge in [-0.25, -0.2) is 9.89 Å². The number of thioether (sulfide) groups is 1. The van der Waals surface area contributed by atoms with E-state index < -0.39 is 0 Å². The molecular weight excluding hydrogens is 240 g/mol. The number of likely N-dealkylation sites (tertiary alicyclic amines) is 1. The number of nitrogens with zero attached hydrogens (tertiary/aromatic N) is 3. The van der Waals surface area contributed by atoms with E-state index in [9.17, 15) is 9.59 Å². The first kappa shape index (κ1) is 12.2. The molecule has 0 aromatic carbocycles. The molecule has 6 nitrogen and oxygen atoms in total. The minimum atomic E-state index is -0.252. The van der Waals surface area contributed by atoms with Gasteiger partial charge in [0.2, 0.25) is 5.91 Å². The molecule has 0 unspecified atom stereocenters. The van der Waals surface area contributed by atoms with Gasteiger partial charge in [-0.2, -0.15) is 0 Å². The summed E-state index contributed by atoms with van der Waals surface area (Å²) in [4.78, 5) is 24.9. The van der Waals surface area contributed by atoms with Gasteiger partial charge in [0.05, 0.1) is 5.75 Å². The SMILES string of the molecule is Cn1c(SCC(=O)N2CCCCC2)n[nH]c1=O. The monoisotopic (exact) mass is 256 g/mol.